The van der Waals surface area contributed by atoms with Crippen LogP contribution in [-0.4, -0.2) is 32.6 Å². The Morgan fingerprint density at radius 1 is 0.537 bits per heavy atom. The highest BCUT2D eigenvalue weighted by molar-refractivity contribution is 7.89. The molecule has 0 radical (unpaired) electrons. The lowest BCUT2D eigenvalue weighted by Crippen LogP contribution is -2.24. The first-order chi connectivity index (χ1) is 19.9. The highest BCUT2D eigenvalue weighted by Gasteiger charge is 2.25. The van der Waals surface area contributed by atoms with Crippen LogP contribution in [-0.2, 0) is 30.8 Å². The van der Waals surface area contributed by atoms with E-state index >= 15 is 0 Å². The topological polar surface area (TPSA) is 86.7 Å². The van der Waals surface area contributed by atoms with E-state index in [-0.39, 0.29) is 23.7 Å². The summed E-state index contributed by atoms with van der Waals surface area (Å²) < 4.78 is 35.2. The maximum Gasteiger partial charge on any atom is 0.339 e. The summed E-state index contributed by atoms with van der Waals surface area (Å²) in [6.07, 6.45) is 10.4. The van der Waals surface area contributed by atoms with E-state index in [0.717, 1.165) is 62.5 Å². The fraction of sp³-hybridized carbons (Fsp3) is 0.412. The first kappa shape index (κ1) is 30.5. The van der Waals surface area contributed by atoms with Gasteiger partial charge in [-0.15, -0.1) is 0 Å². The fourth-order valence-corrected chi connectivity index (χ4v) is 6.84. The van der Waals surface area contributed by atoms with E-state index < -0.39 is 21.8 Å². The molecule has 0 heterocycles. The molecule has 0 spiro atoms. The molecule has 0 amide bonds. The second kappa shape index (κ2) is 15.5. The van der Waals surface area contributed by atoms with Crippen molar-refractivity contribution in [2.24, 2.45) is 0 Å². The Hall–Kier alpha value is -3.45. The van der Waals surface area contributed by atoms with Crippen molar-refractivity contribution in [3.63, 3.8) is 0 Å². The van der Waals surface area contributed by atoms with Crippen LogP contribution in [0.3, 0.4) is 0 Å². The maximum absolute atomic E-state index is 12.5. The van der Waals surface area contributed by atoms with Gasteiger partial charge < -0.3 is 9.47 Å². The van der Waals surface area contributed by atoms with Crippen molar-refractivity contribution in [3.8, 4) is 0 Å². The monoisotopic (exact) mass is 576 g/mol. The first-order valence-corrected chi connectivity index (χ1v) is 16.5. The van der Waals surface area contributed by atoms with Crippen LogP contribution in [0.2, 0.25) is 0 Å². The molecule has 0 aromatic heterocycles. The average molecular weight is 577 g/mol. The summed E-state index contributed by atoms with van der Waals surface area (Å²) >= 11 is 0. The number of benzene rings is 3. The standard InChI is InChI=1S/C20H26O4.C14H14O2S/c21-19(23-15-9-3-1-4-10-15)17-13-7-8-14-18(17)20(22)24-16-11-5-2-6-12-16;15-17(16,11-13-7-3-1-4-8-13)12-14-9-5-2-6-10-14/h7-8,13-16H,1-6,9-12H2;1-10H,11-12H2. The van der Waals surface area contributed by atoms with Crippen LogP contribution in [0.25, 0.3) is 0 Å². The molecule has 3 aromatic rings. The van der Waals surface area contributed by atoms with Crippen LogP contribution >= 0.6 is 0 Å². The molecule has 5 rings (SSSR count). The van der Waals surface area contributed by atoms with Gasteiger partial charge >= 0.3 is 11.9 Å². The summed E-state index contributed by atoms with van der Waals surface area (Å²) in [5.74, 6) is -0.609. The zero-order valence-electron chi connectivity index (χ0n) is 23.6. The van der Waals surface area contributed by atoms with E-state index in [0.29, 0.717) is 11.1 Å². The first-order valence-electron chi connectivity index (χ1n) is 14.7. The Morgan fingerprint density at radius 3 is 1.24 bits per heavy atom. The van der Waals surface area contributed by atoms with Crippen molar-refractivity contribution < 1.29 is 27.5 Å². The number of carbonyl (C=O) groups is 2. The molecule has 2 aliphatic rings. The van der Waals surface area contributed by atoms with Crippen LogP contribution in [0, 0.1) is 0 Å². The van der Waals surface area contributed by atoms with Crippen molar-refractivity contribution in [1.82, 2.24) is 0 Å². The minimum atomic E-state index is -3.09. The van der Waals surface area contributed by atoms with E-state index in [4.69, 9.17) is 9.47 Å². The second-order valence-corrected chi connectivity index (χ2v) is 12.9. The highest BCUT2D eigenvalue weighted by Crippen LogP contribution is 2.24. The number of esters is 2. The van der Waals surface area contributed by atoms with E-state index in [1.807, 2.05) is 60.7 Å². The number of ether oxygens (including phenoxy) is 2. The largest absolute Gasteiger partial charge is 0.459 e. The summed E-state index contributed by atoms with van der Waals surface area (Å²) in [6, 6.07) is 25.4. The van der Waals surface area contributed by atoms with Gasteiger partial charge in [-0.1, -0.05) is 85.6 Å². The minimum absolute atomic E-state index is 0.0197. The Labute approximate surface area is 244 Å². The number of hydrogen-bond donors (Lipinski definition) is 0. The molecule has 7 heteroatoms. The maximum atomic E-state index is 12.5. The van der Waals surface area contributed by atoms with Gasteiger partial charge in [-0.25, -0.2) is 18.0 Å². The summed E-state index contributed by atoms with van der Waals surface area (Å²) in [4.78, 5) is 25.0. The molecule has 41 heavy (non-hydrogen) atoms. The van der Waals surface area contributed by atoms with Gasteiger partial charge in [0.15, 0.2) is 9.84 Å². The Balaban J connectivity index is 0.000000201. The van der Waals surface area contributed by atoms with Crippen LogP contribution in [0.15, 0.2) is 84.9 Å². The van der Waals surface area contributed by atoms with Crippen LogP contribution in [0.4, 0.5) is 0 Å². The minimum Gasteiger partial charge on any atom is -0.459 e. The smallest absolute Gasteiger partial charge is 0.339 e. The molecular weight excluding hydrogens is 536 g/mol. The summed E-state index contributed by atoms with van der Waals surface area (Å²) in [7, 11) is -3.09. The molecular formula is C34H40O6S. The predicted molar refractivity (Wildman–Crippen MR) is 160 cm³/mol. The van der Waals surface area contributed by atoms with Gasteiger partial charge in [-0.2, -0.15) is 0 Å². The quantitative estimate of drug-likeness (QED) is 0.259. The number of hydrogen-bond acceptors (Lipinski definition) is 6. The summed E-state index contributed by atoms with van der Waals surface area (Å²) in [6.45, 7) is 0. The molecule has 3 aromatic carbocycles. The average Bonchev–Trinajstić information content (AvgIpc) is 2.99. The van der Waals surface area contributed by atoms with Gasteiger partial charge in [-0.3, -0.25) is 0 Å². The van der Waals surface area contributed by atoms with Crippen molar-refractivity contribution in [2.45, 2.75) is 87.9 Å². The molecule has 0 atom stereocenters. The Kier molecular flexibility index (Phi) is 11.6. The second-order valence-electron chi connectivity index (χ2n) is 10.9. The van der Waals surface area contributed by atoms with Crippen molar-refractivity contribution in [1.29, 1.82) is 0 Å². The molecule has 218 valence electrons. The lowest BCUT2D eigenvalue weighted by Gasteiger charge is -2.23. The number of carbonyl (C=O) groups excluding carboxylic acids is 2. The van der Waals surface area contributed by atoms with Crippen LogP contribution in [0.1, 0.15) is 96.1 Å². The van der Waals surface area contributed by atoms with E-state index in [9.17, 15) is 18.0 Å². The van der Waals surface area contributed by atoms with Gasteiger partial charge in [0, 0.05) is 0 Å². The Bertz CT molecular complexity index is 1240. The van der Waals surface area contributed by atoms with Gasteiger partial charge in [0.05, 0.1) is 22.6 Å². The SMILES string of the molecule is O=C(OC1CCCCC1)c1ccccc1C(=O)OC1CCCCC1.O=S(=O)(Cc1ccccc1)Cc1ccccc1. The van der Waals surface area contributed by atoms with Crippen molar-refractivity contribution in [2.75, 3.05) is 0 Å². The summed E-state index contributed by atoms with van der Waals surface area (Å²) in [5, 5.41) is 0. The van der Waals surface area contributed by atoms with Gasteiger partial charge in [0.25, 0.3) is 0 Å². The normalized spacial score (nSPS) is 16.2. The van der Waals surface area contributed by atoms with Gasteiger partial charge in [0.2, 0.25) is 0 Å². The highest BCUT2D eigenvalue weighted by atomic mass is 32.2. The zero-order valence-corrected chi connectivity index (χ0v) is 24.4. The zero-order chi connectivity index (χ0) is 28.9. The van der Waals surface area contributed by atoms with E-state index in [1.54, 1.807) is 24.3 Å². The molecule has 2 saturated carbocycles. The lowest BCUT2D eigenvalue weighted by atomic mass is 9.97. The number of rotatable bonds is 8. The number of sulfone groups is 1. The van der Waals surface area contributed by atoms with Crippen LogP contribution < -0.4 is 0 Å². The lowest BCUT2D eigenvalue weighted by molar-refractivity contribution is 0.0164. The van der Waals surface area contributed by atoms with Crippen molar-refractivity contribution in [3.05, 3.63) is 107 Å². The molecule has 0 unspecified atom stereocenters. The van der Waals surface area contributed by atoms with Crippen LogP contribution in [0.5, 0.6) is 0 Å². The molecule has 2 fully saturated rings. The third kappa shape index (κ3) is 10.2. The molecule has 0 bridgehead atoms. The molecule has 0 N–H and O–H groups in total. The fourth-order valence-electron chi connectivity index (χ4n) is 5.34. The van der Waals surface area contributed by atoms with Crippen molar-refractivity contribution >= 4 is 21.8 Å². The third-order valence-corrected chi connectivity index (χ3v) is 9.02. The summed E-state index contributed by atoms with van der Waals surface area (Å²) in [5.41, 5.74) is 2.32. The third-order valence-electron chi connectivity index (χ3n) is 7.48. The predicted octanol–water partition coefficient (Wildman–Crippen LogP) is 7.47. The molecule has 0 aliphatic heterocycles. The molecule has 6 nitrogen and oxygen atoms in total. The van der Waals surface area contributed by atoms with Gasteiger partial charge in [0.1, 0.15) is 12.2 Å². The van der Waals surface area contributed by atoms with E-state index in [2.05, 4.69) is 0 Å². The Morgan fingerprint density at radius 2 is 0.878 bits per heavy atom. The van der Waals surface area contributed by atoms with E-state index in [1.165, 1.54) is 12.8 Å². The molecule has 0 saturated heterocycles. The van der Waals surface area contributed by atoms with Gasteiger partial charge in [-0.05, 0) is 74.6 Å². The molecule has 2 aliphatic carbocycles.